The predicted octanol–water partition coefficient (Wildman–Crippen LogP) is 4.10. The van der Waals surface area contributed by atoms with Crippen LogP contribution in [0.3, 0.4) is 0 Å². The third-order valence-corrected chi connectivity index (χ3v) is 3.41. The zero-order valence-electron chi connectivity index (χ0n) is 12.1. The van der Waals surface area contributed by atoms with Crippen LogP contribution in [0.4, 0.5) is 5.69 Å². The van der Waals surface area contributed by atoms with E-state index >= 15 is 0 Å². The van der Waals surface area contributed by atoms with Crippen LogP contribution in [-0.2, 0) is 4.79 Å². The lowest BCUT2D eigenvalue weighted by molar-refractivity contribution is -0.116. The average molecular weight is 277 g/mol. The van der Waals surface area contributed by atoms with Crippen LogP contribution in [0.15, 0.2) is 18.2 Å². The van der Waals surface area contributed by atoms with Gasteiger partial charge in [-0.3, -0.25) is 4.79 Å². The number of nitrogens with one attached hydrogen (secondary N) is 1. The van der Waals surface area contributed by atoms with Gasteiger partial charge in [-0.1, -0.05) is 39.0 Å². The zero-order chi connectivity index (χ0) is 14.2. The number of unbranched alkanes of at least 4 members (excludes halogenated alkanes) is 5. The molecule has 1 aromatic rings. The van der Waals surface area contributed by atoms with E-state index < -0.39 is 0 Å². The van der Waals surface area contributed by atoms with E-state index in [0.29, 0.717) is 12.2 Å². The van der Waals surface area contributed by atoms with Crippen molar-refractivity contribution in [1.29, 1.82) is 0 Å². The van der Waals surface area contributed by atoms with Gasteiger partial charge in [0.15, 0.2) is 11.5 Å². The Bertz CT molecular complexity index is 445. The molecule has 1 aliphatic heterocycles. The Morgan fingerprint density at radius 1 is 1.10 bits per heavy atom. The number of benzene rings is 1. The van der Waals surface area contributed by atoms with Crippen molar-refractivity contribution in [3.05, 3.63) is 18.2 Å². The van der Waals surface area contributed by atoms with Gasteiger partial charge in [0.05, 0.1) is 0 Å². The number of carbonyl (C=O) groups excluding carboxylic acids is 1. The van der Waals surface area contributed by atoms with Crippen LogP contribution in [0.1, 0.15) is 51.9 Å². The zero-order valence-corrected chi connectivity index (χ0v) is 12.1. The highest BCUT2D eigenvalue weighted by Gasteiger charge is 2.13. The number of carbonyl (C=O) groups is 1. The summed E-state index contributed by atoms with van der Waals surface area (Å²) in [5.41, 5.74) is 0.769. The lowest BCUT2D eigenvalue weighted by atomic mass is 10.1. The van der Waals surface area contributed by atoms with Gasteiger partial charge in [0.1, 0.15) is 0 Å². The van der Waals surface area contributed by atoms with E-state index in [2.05, 4.69) is 12.2 Å². The van der Waals surface area contributed by atoms with Crippen molar-refractivity contribution in [2.45, 2.75) is 51.9 Å². The van der Waals surface area contributed by atoms with E-state index in [9.17, 15) is 4.79 Å². The van der Waals surface area contributed by atoms with Gasteiger partial charge in [-0.15, -0.1) is 0 Å². The minimum absolute atomic E-state index is 0.0688. The molecule has 0 radical (unpaired) electrons. The van der Waals surface area contributed by atoms with Crippen molar-refractivity contribution in [1.82, 2.24) is 0 Å². The number of fused-ring (bicyclic) bond motifs is 1. The molecule has 0 bridgehead atoms. The molecule has 20 heavy (non-hydrogen) atoms. The summed E-state index contributed by atoms with van der Waals surface area (Å²) in [5.74, 6) is 1.50. The summed E-state index contributed by atoms with van der Waals surface area (Å²) in [6, 6.07) is 5.47. The summed E-state index contributed by atoms with van der Waals surface area (Å²) in [6.07, 6.45) is 7.73. The Morgan fingerprint density at radius 2 is 1.85 bits per heavy atom. The maximum atomic E-state index is 11.8. The molecule has 4 nitrogen and oxygen atoms in total. The van der Waals surface area contributed by atoms with Crippen molar-refractivity contribution >= 4 is 11.6 Å². The van der Waals surface area contributed by atoms with Crippen molar-refractivity contribution in [3.63, 3.8) is 0 Å². The number of rotatable bonds is 8. The average Bonchev–Trinajstić information content (AvgIpc) is 2.90. The maximum Gasteiger partial charge on any atom is 0.231 e. The molecule has 1 aliphatic rings. The molecule has 2 rings (SSSR count). The van der Waals surface area contributed by atoms with Gasteiger partial charge in [-0.05, 0) is 18.6 Å². The monoisotopic (exact) mass is 277 g/mol. The molecule has 0 atom stereocenters. The minimum atomic E-state index is 0.0688. The quantitative estimate of drug-likeness (QED) is 0.728. The third-order valence-electron chi connectivity index (χ3n) is 3.41. The van der Waals surface area contributed by atoms with Crippen molar-refractivity contribution in [2.75, 3.05) is 12.1 Å². The molecule has 0 aliphatic carbocycles. The summed E-state index contributed by atoms with van der Waals surface area (Å²) in [6.45, 7) is 2.46. The van der Waals surface area contributed by atoms with Crippen LogP contribution in [0.25, 0.3) is 0 Å². The second-order valence-electron chi connectivity index (χ2n) is 5.13. The number of amides is 1. The molecule has 1 heterocycles. The standard InChI is InChI=1S/C16H23NO3/c1-2-3-4-5-6-7-8-16(18)17-13-9-10-14-15(11-13)20-12-19-14/h9-11H,2-8,12H2,1H3,(H,17,18). The summed E-state index contributed by atoms with van der Waals surface area (Å²) in [4.78, 5) is 11.8. The van der Waals surface area contributed by atoms with E-state index in [4.69, 9.17) is 9.47 Å². The molecule has 0 aromatic heterocycles. The molecule has 0 fully saturated rings. The van der Waals surface area contributed by atoms with Crippen LogP contribution in [0.2, 0.25) is 0 Å². The first-order valence-corrected chi connectivity index (χ1v) is 7.49. The van der Waals surface area contributed by atoms with Crippen LogP contribution in [-0.4, -0.2) is 12.7 Å². The minimum Gasteiger partial charge on any atom is -0.454 e. The van der Waals surface area contributed by atoms with Crippen molar-refractivity contribution < 1.29 is 14.3 Å². The van der Waals surface area contributed by atoms with Crippen LogP contribution >= 0.6 is 0 Å². The predicted molar refractivity (Wildman–Crippen MR) is 79.2 cm³/mol. The lowest BCUT2D eigenvalue weighted by Crippen LogP contribution is -2.10. The highest BCUT2D eigenvalue weighted by molar-refractivity contribution is 5.91. The molecule has 1 N–H and O–H groups in total. The topological polar surface area (TPSA) is 47.6 Å². The molecule has 4 heteroatoms. The van der Waals surface area contributed by atoms with Crippen LogP contribution < -0.4 is 14.8 Å². The van der Waals surface area contributed by atoms with Gasteiger partial charge >= 0.3 is 0 Å². The lowest BCUT2D eigenvalue weighted by Gasteiger charge is -2.06. The fourth-order valence-electron chi connectivity index (χ4n) is 2.26. The molecule has 0 spiro atoms. The van der Waals surface area contributed by atoms with Crippen molar-refractivity contribution in [3.8, 4) is 11.5 Å². The first kappa shape index (κ1) is 14.7. The Hall–Kier alpha value is -1.71. The number of hydrogen-bond acceptors (Lipinski definition) is 3. The highest BCUT2D eigenvalue weighted by Crippen LogP contribution is 2.34. The molecular formula is C16H23NO3. The summed E-state index contributed by atoms with van der Waals surface area (Å²) < 4.78 is 10.5. The van der Waals surface area contributed by atoms with E-state index in [-0.39, 0.29) is 12.7 Å². The fraction of sp³-hybridized carbons (Fsp3) is 0.562. The summed E-state index contributed by atoms with van der Waals surface area (Å²) >= 11 is 0. The first-order valence-electron chi connectivity index (χ1n) is 7.49. The van der Waals surface area contributed by atoms with Crippen LogP contribution in [0, 0.1) is 0 Å². The third kappa shape index (κ3) is 4.44. The summed E-state index contributed by atoms with van der Waals surface area (Å²) in [7, 11) is 0. The van der Waals surface area contributed by atoms with Gasteiger partial charge in [0.25, 0.3) is 0 Å². The smallest absolute Gasteiger partial charge is 0.231 e. The first-order chi connectivity index (χ1) is 9.79. The van der Waals surface area contributed by atoms with Gasteiger partial charge < -0.3 is 14.8 Å². The molecule has 1 amide bonds. The van der Waals surface area contributed by atoms with Gasteiger partial charge in [0.2, 0.25) is 12.7 Å². The number of ether oxygens (including phenoxy) is 2. The second kappa shape index (κ2) is 7.78. The van der Waals surface area contributed by atoms with E-state index in [1.165, 1.54) is 25.7 Å². The molecular weight excluding hydrogens is 254 g/mol. The van der Waals surface area contributed by atoms with Gasteiger partial charge in [-0.25, -0.2) is 0 Å². The molecule has 0 saturated carbocycles. The second-order valence-corrected chi connectivity index (χ2v) is 5.13. The molecule has 1 aromatic carbocycles. The number of hydrogen-bond donors (Lipinski definition) is 1. The normalized spacial score (nSPS) is 12.4. The molecule has 0 saturated heterocycles. The van der Waals surface area contributed by atoms with Gasteiger partial charge in [0, 0.05) is 18.2 Å². The Kier molecular flexibility index (Phi) is 5.71. The fourth-order valence-corrected chi connectivity index (χ4v) is 2.26. The largest absolute Gasteiger partial charge is 0.454 e. The van der Waals surface area contributed by atoms with Crippen LogP contribution in [0.5, 0.6) is 11.5 Å². The van der Waals surface area contributed by atoms with E-state index in [1.54, 1.807) is 0 Å². The van der Waals surface area contributed by atoms with Crippen molar-refractivity contribution in [2.24, 2.45) is 0 Å². The summed E-state index contributed by atoms with van der Waals surface area (Å²) in [5, 5.41) is 2.90. The Balaban J connectivity index is 1.67. The highest BCUT2D eigenvalue weighted by atomic mass is 16.7. The molecule has 0 unspecified atom stereocenters. The Labute approximate surface area is 120 Å². The van der Waals surface area contributed by atoms with Gasteiger partial charge in [-0.2, -0.15) is 0 Å². The van der Waals surface area contributed by atoms with E-state index in [0.717, 1.165) is 24.3 Å². The van der Waals surface area contributed by atoms with E-state index in [1.807, 2.05) is 18.2 Å². The SMILES string of the molecule is CCCCCCCCC(=O)Nc1ccc2c(c1)OCO2. The Morgan fingerprint density at radius 3 is 2.70 bits per heavy atom. The molecule has 110 valence electrons. The number of anilines is 1. The maximum absolute atomic E-state index is 11.8.